The van der Waals surface area contributed by atoms with Crippen molar-refractivity contribution in [3.8, 4) is 5.75 Å². The average Bonchev–Trinajstić information content (AvgIpc) is 2.77. The molecule has 1 aromatic carbocycles. The Labute approximate surface area is 126 Å². The van der Waals surface area contributed by atoms with Crippen LogP contribution in [0.15, 0.2) is 12.1 Å². The summed E-state index contributed by atoms with van der Waals surface area (Å²) in [7, 11) is 0. The second kappa shape index (κ2) is 6.30. The van der Waals surface area contributed by atoms with Crippen molar-refractivity contribution >= 4 is 17.3 Å². The van der Waals surface area contributed by atoms with Crippen LogP contribution in [0.4, 0.5) is 14.5 Å². The van der Waals surface area contributed by atoms with Gasteiger partial charge in [-0.25, -0.2) is 8.78 Å². The van der Waals surface area contributed by atoms with E-state index in [9.17, 15) is 8.78 Å². The molecular formula is C14H16ClF2N3O. The molecule has 0 saturated carbocycles. The van der Waals surface area contributed by atoms with E-state index in [1.165, 1.54) is 0 Å². The topological polar surface area (TPSA) is 53.1 Å². The van der Waals surface area contributed by atoms with Crippen molar-refractivity contribution in [2.24, 2.45) is 0 Å². The fourth-order valence-corrected chi connectivity index (χ4v) is 2.28. The molecule has 1 heterocycles. The number of nitrogens with two attached hydrogens (primary N) is 1. The standard InChI is InChI=1S/C14H16ClF2N3O/c1-3-11-14(15)12(20(4-2)19-11)7-21-13-6-8(16)10(18)5-9(13)17/h5-6H,3-4,7,18H2,1-2H3. The van der Waals surface area contributed by atoms with Crippen molar-refractivity contribution in [2.75, 3.05) is 5.73 Å². The Hall–Kier alpha value is -1.82. The van der Waals surface area contributed by atoms with Gasteiger partial charge in [0.25, 0.3) is 0 Å². The minimum Gasteiger partial charge on any atom is -0.484 e. The van der Waals surface area contributed by atoms with Crippen LogP contribution in [0.2, 0.25) is 5.02 Å². The molecule has 0 saturated heterocycles. The zero-order valence-electron chi connectivity index (χ0n) is 11.8. The highest BCUT2D eigenvalue weighted by Gasteiger charge is 2.16. The molecule has 7 heteroatoms. The van der Waals surface area contributed by atoms with Gasteiger partial charge in [0.15, 0.2) is 11.6 Å². The quantitative estimate of drug-likeness (QED) is 0.858. The largest absolute Gasteiger partial charge is 0.484 e. The number of ether oxygens (including phenoxy) is 1. The third-order valence-electron chi connectivity index (χ3n) is 3.11. The predicted octanol–water partition coefficient (Wildman–Crippen LogP) is 3.56. The van der Waals surface area contributed by atoms with Gasteiger partial charge in [-0.2, -0.15) is 5.10 Å². The smallest absolute Gasteiger partial charge is 0.167 e. The lowest BCUT2D eigenvalue weighted by atomic mass is 10.2. The number of hydrogen-bond acceptors (Lipinski definition) is 3. The van der Waals surface area contributed by atoms with Crippen LogP contribution < -0.4 is 10.5 Å². The first-order valence-corrected chi connectivity index (χ1v) is 6.97. The first-order valence-electron chi connectivity index (χ1n) is 6.59. The van der Waals surface area contributed by atoms with Gasteiger partial charge < -0.3 is 10.5 Å². The number of nitrogen functional groups attached to an aromatic ring is 1. The van der Waals surface area contributed by atoms with Crippen LogP contribution in [0.25, 0.3) is 0 Å². The maximum atomic E-state index is 13.7. The van der Waals surface area contributed by atoms with E-state index in [2.05, 4.69) is 5.10 Å². The molecular weight excluding hydrogens is 300 g/mol. The summed E-state index contributed by atoms with van der Waals surface area (Å²) in [4.78, 5) is 0. The van der Waals surface area contributed by atoms with Crippen LogP contribution in [-0.2, 0) is 19.6 Å². The van der Waals surface area contributed by atoms with Crippen LogP contribution in [0.5, 0.6) is 5.75 Å². The zero-order valence-corrected chi connectivity index (χ0v) is 12.5. The lowest BCUT2D eigenvalue weighted by Crippen LogP contribution is -2.07. The van der Waals surface area contributed by atoms with Crippen LogP contribution in [0.3, 0.4) is 0 Å². The fourth-order valence-electron chi connectivity index (χ4n) is 1.96. The molecule has 0 atom stereocenters. The summed E-state index contributed by atoms with van der Waals surface area (Å²) in [5.74, 6) is -1.65. The molecule has 0 fully saturated rings. The summed E-state index contributed by atoms with van der Waals surface area (Å²) >= 11 is 6.22. The van der Waals surface area contributed by atoms with Crippen LogP contribution in [0, 0.1) is 11.6 Å². The van der Waals surface area contributed by atoms with Gasteiger partial charge >= 0.3 is 0 Å². The molecule has 2 rings (SSSR count). The molecule has 0 aliphatic heterocycles. The molecule has 21 heavy (non-hydrogen) atoms. The van der Waals surface area contributed by atoms with Gasteiger partial charge in [0.05, 0.1) is 22.1 Å². The number of hydrogen-bond donors (Lipinski definition) is 1. The molecule has 0 amide bonds. The maximum Gasteiger partial charge on any atom is 0.167 e. The Morgan fingerprint density at radius 1 is 1.29 bits per heavy atom. The molecule has 0 radical (unpaired) electrons. The summed E-state index contributed by atoms with van der Waals surface area (Å²) in [5, 5.41) is 4.83. The molecule has 0 unspecified atom stereocenters. The fraction of sp³-hybridized carbons (Fsp3) is 0.357. The highest BCUT2D eigenvalue weighted by molar-refractivity contribution is 6.31. The van der Waals surface area contributed by atoms with Gasteiger partial charge in [0.1, 0.15) is 12.4 Å². The lowest BCUT2D eigenvalue weighted by Gasteiger charge is -2.10. The Balaban J connectivity index is 2.24. The molecule has 2 N–H and O–H groups in total. The first kappa shape index (κ1) is 15.6. The molecule has 0 aliphatic rings. The molecule has 2 aromatic rings. The number of anilines is 1. The van der Waals surface area contributed by atoms with Gasteiger partial charge in [-0.15, -0.1) is 0 Å². The molecule has 1 aromatic heterocycles. The maximum absolute atomic E-state index is 13.7. The van der Waals surface area contributed by atoms with Crippen LogP contribution in [0.1, 0.15) is 25.2 Å². The Morgan fingerprint density at radius 2 is 2.00 bits per heavy atom. The summed E-state index contributed by atoms with van der Waals surface area (Å²) < 4.78 is 34.0. The van der Waals surface area contributed by atoms with Gasteiger partial charge in [-0.3, -0.25) is 4.68 Å². The van der Waals surface area contributed by atoms with Crippen LogP contribution >= 0.6 is 11.6 Å². The van der Waals surface area contributed by atoms with E-state index >= 15 is 0 Å². The molecule has 0 aliphatic carbocycles. The zero-order chi connectivity index (χ0) is 15.6. The average molecular weight is 316 g/mol. The normalized spacial score (nSPS) is 10.9. The number of rotatable bonds is 5. The van der Waals surface area contributed by atoms with E-state index in [-0.39, 0.29) is 18.0 Å². The van der Waals surface area contributed by atoms with Crippen molar-refractivity contribution < 1.29 is 13.5 Å². The van der Waals surface area contributed by atoms with Crippen LogP contribution in [-0.4, -0.2) is 9.78 Å². The number of halogens is 3. The Morgan fingerprint density at radius 3 is 2.62 bits per heavy atom. The van der Waals surface area contributed by atoms with E-state index in [4.69, 9.17) is 22.1 Å². The Bertz CT molecular complexity index is 658. The summed E-state index contributed by atoms with van der Waals surface area (Å²) in [5.41, 5.74) is 6.41. The SMILES string of the molecule is CCc1nn(CC)c(COc2cc(F)c(N)cc2F)c1Cl. The molecule has 0 spiro atoms. The van der Waals surface area contributed by atoms with E-state index in [0.29, 0.717) is 23.7 Å². The van der Waals surface area contributed by atoms with Crippen molar-refractivity contribution in [2.45, 2.75) is 33.4 Å². The van der Waals surface area contributed by atoms with Gasteiger partial charge in [0, 0.05) is 18.7 Å². The van der Waals surface area contributed by atoms with E-state index in [1.54, 1.807) is 4.68 Å². The highest BCUT2D eigenvalue weighted by Crippen LogP contribution is 2.26. The van der Waals surface area contributed by atoms with Gasteiger partial charge in [-0.05, 0) is 13.3 Å². The minimum absolute atomic E-state index is 0.0000482. The second-order valence-corrected chi connectivity index (χ2v) is 4.85. The number of benzene rings is 1. The predicted molar refractivity (Wildman–Crippen MR) is 77.4 cm³/mol. The number of aryl methyl sites for hydroxylation is 2. The third-order valence-corrected chi connectivity index (χ3v) is 3.55. The third kappa shape index (κ3) is 3.10. The molecule has 0 bridgehead atoms. The van der Waals surface area contributed by atoms with Crippen molar-refractivity contribution in [3.05, 3.63) is 40.2 Å². The summed E-state index contributed by atoms with van der Waals surface area (Å²) in [6.45, 7) is 4.46. The van der Waals surface area contributed by atoms with Crippen molar-refractivity contribution in [1.29, 1.82) is 0 Å². The summed E-state index contributed by atoms with van der Waals surface area (Å²) in [6.07, 6.45) is 0.684. The summed E-state index contributed by atoms with van der Waals surface area (Å²) in [6, 6.07) is 1.81. The van der Waals surface area contributed by atoms with Gasteiger partial charge in [-0.1, -0.05) is 18.5 Å². The highest BCUT2D eigenvalue weighted by atomic mass is 35.5. The second-order valence-electron chi connectivity index (χ2n) is 4.47. The number of nitrogens with zero attached hydrogens (tertiary/aromatic N) is 2. The minimum atomic E-state index is -0.726. The van der Waals surface area contributed by atoms with Gasteiger partial charge in [0.2, 0.25) is 0 Å². The molecule has 114 valence electrons. The first-order chi connectivity index (χ1) is 9.97. The van der Waals surface area contributed by atoms with Crippen molar-refractivity contribution in [1.82, 2.24) is 9.78 Å². The van der Waals surface area contributed by atoms with E-state index < -0.39 is 11.6 Å². The Kier molecular flexibility index (Phi) is 4.67. The van der Waals surface area contributed by atoms with E-state index in [0.717, 1.165) is 17.8 Å². The number of aromatic nitrogens is 2. The molecule has 4 nitrogen and oxygen atoms in total. The van der Waals surface area contributed by atoms with E-state index in [1.807, 2.05) is 13.8 Å². The van der Waals surface area contributed by atoms with Crippen molar-refractivity contribution in [3.63, 3.8) is 0 Å². The lowest BCUT2D eigenvalue weighted by molar-refractivity contribution is 0.277. The monoisotopic (exact) mass is 315 g/mol.